The van der Waals surface area contributed by atoms with Gasteiger partial charge in [-0.3, -0.25) is 10.4 Å². The number of hydrogen-bond donors (Lipinski definition) is 3. The van der Waals surface area contributed by atoms with E-state index in [4.69, 9.17) is 0 Å². The van der Waals surface area contributed by atoms with Crippen molar-refractivity contribution in [2.24, 2.45) is 0 Å². The monoisotopic (exact) mass is 306 g/mol. The van der Waals surface area contributed by atoms with E-state index >= 15 is 0 Å². The van der Waals surface area contributed by atoms with Crippen LogP contribution >= 0.6 is 0 Å². The molecule has 116 valence electrons. The molecule has 1 aliphatic rings. The third-order valence-electron chi connectivity index (χ3n) is 4.42. The van der Waals surface area contributed by atoms with Crippen LogP contribution in [0.1, 0.15) is 30.9 Å². The normalized spacial score (nSPS) is 14.4. The highest BCUT2D eigenvalue weighted by atomic mass is 16.2. The first kappa shape index (κ1) is 13.8. The van der Waals surface area contributed by atoms with Crippen molar-refractivity contribution in [1.82, 2.24) is 10.2 Å². The molecule has 0 unspecified atom stereocenters. The number of carbonyl (C=O) groups excluding carboxylic acids is 1. The van der Waals surface area contributed by atoms with Gasteiger partial charge in [-0.2, -0.15) is 5.10 Å². The number of aromatic amines is 1. The predicted molar refractivity (Wildman–Crippen MR) is 91.8 cm³/mol. The lowest BCUT2D eigenvalue weighted by atomic mass is 9.83. The maximum atomic E-state index is 12.2. The van der Waals surface area contributed by atoms with Crippen molar-refractivity contribution in [3.8, 4) is 0 Å². The van der Waals surface area contributed by atoms with Crippen LogP contribution in [-0.2, 0) is 0 Å². The standard InChI is InChI=1S/C18H18N4O/c23-18(20-17-11-16(21-22-17)13-7-3-8-13)19-15-10-4-6-12-5-1-2-9-14(12)15/h1-2,4-6,9-11,13H,3,7-8H2,(H3,19,20,21,22,23). The number of aromatic nitrogens is 2. The third-order valence-corrected chi connectivity index (χ3v) is 4.42. The molecular formula is C18H18N4O. The molecule has 5 nitrogen and oxygen atoms in total. The fraction of sp³-hybridized carbons (Fsp3) is 0.222. The fourth-order valence-electron chi connectivity index (χ4n) is 2.93. The second kappa shape index (κ2) is 5.76. The number of fused-ring (bicyclic) bond motifs is 1. The molecule has 0 radical (unpaired) electrons. The zero-order valence-electron chi connectivity index (χ0n) is 12.7. The molecule has 0 saturated heterocycles. The molecule has 4 rings (SSSR count). The Kier molecular flexibility index (Phi) is 3.46. The van der Waals surface area contributed by atoms with Crippen LogP contribution in [-0.4, -0.2) is 16.2 Å². The minimum atomic E-state index is -0.284. The summed E-state index contributed by atoms with van der Waals surface area (Å²) in [5.41, 5.74) is 1.90. The van der Waals surface area contributed by atoms with Gasteiger partial charge in [0.05, 0.1) is 5.69 Å². The maximum Gasteiger partial charge on any atom is 0.324 e. The van der Waals surface area contributed by atoms with Crippen LogP contribution in [0.2, 0.25) is 0 Å². The molecule has 0 aliphatic heterocycles. The molecule has 1 saturated carbocycles. The lowest BCUT2D eigenvalue weighted by Gasteiger charge is -2.23. The van der Waals surface area contributed by atoms with Crippen LogP contribution in [0.4, 0.5) is 16.3 Å². The molecule has 0 bridgehead atoms. The minimum absolute atomic E-state index is 0.284. The smallest absolute Gasteiger partial charge is 0.307 e. The second-order valence-corrected chi connectivity index (χ2v) is 5.94. The highest BCUT2D eigenvalue weighted by Crippen LogP contribution is 2.35. The molecule has 1 heterocycles. The SMILES string of the molecule is O=C(Nc1cc(C2CCC2)[nH]n1)Nc1cccc2ccccc12. The molecule has 3 aromatic rings. The zero-order valence-corrected chi connectivity index (χ0v) is 12.7. The largest absolute Gasteiger partial charge is 0.324 e. The number of nitrogens with one attached hydrogen (secondary N) is 3. The summed E-state index contributed by atoms with van der Waals surface area (Å²) in [6, 6.07) is 15.5. The summed E-state index contributed by atoms with van der Waals surface area (Å²) >= 11 is 0. The van der Waals surface area contributed by atoms with E-state index in [-0.39, 0.29) is 6.03 Å². The third kappa shape index (κ3) is 2.77. The Morgan fingerprint density at radius 3 is 2.74 bits per heavy atom. The van der Waals surface area contributed by atoms with Crippen molar-refractivity contribution in [1.29, 1.82) is 0 Å². The zero-order chi connectivity index (χ0) is 15.6. The lowest BCUT2D eigenvalue weighted by molar-refractivity contribution is 0.262. The number of hydrogen-bond acceptors (Lipinski definition) is 2. The molecule has 0 atom stereocenters. The topological polar surface area (TPSA) is 69.8 Å². The average molecular weight is 306 g/mol. The first-order chi connectivity index (χ1) is 11.3. The van der Waals surface area contributed by atoms with Gasteiger partial charge >= 0.3 is 6.03 Å². The van der Waals surface area contributed by atoms with Gasteiger partial charge in [-0.05, 0) is 24.3 Å². The quantitative estimate of drug-likeness (QED) is 0.668. The van der Waals surface area contributed by atoms with E-state index < -0.39 is 0 Å². The molecule has 5 heteroatoms. The Bertz CT molecular complexity index is 846. The number of nitrogens with zero attached hydrogens (tertiary/aromatic N) is 1. The summed E-state index contributed by atoms with van der Waals surface area (Å²) in [6.45, 7) is 0. The molecule has 2 amide bonds. The lowest BCUT2D eigenvalue weighted by Crippen LogP contribution is -2.19. The van der Waals surface area contributed by atoms with Gasteiger partial charge in [0, 0.05) is 23.1 Å². The Balaban J connectivity index is 1.47. The minimum Gasteiger partial charge on any atom is -0.307 e. The van der Waals surface area contributed by atoms with E-state index in [0.29, 0.717) is 11.7 Å². The van der Waals surface area contributed by atoms with Crippen molar-refractivity contribution in [3.63, 3.8) is 0 Å². The first-order valence-corrected chi connectivity index (χ1v) is 7.91. The van der Waals surface area contributed by atoms with Crippen molar-refractivity contribution in [2.75, 3.05) is 10.6 Å². The Labute approximate surface area is 134 Å². The predicted octanol–water partition coefficient (Wildman–Crippen LogP) is 4.47. The Morgan fingerprint density at radius 1 is 1.09 bits per heavy atom. The molecule has 1 aliphatic carbocycles. The van der Waals surface area contributed by atoms with Crippen molar-refractivity contribution < 1.29 is 4.79 Å². The van der Waals surface area contributed by atoms with Gasteiger partial charge < -0.3 is 5.32 Å². The van der Waals surface area contributed by atoms with Crippen LogP contribution in [0.25, 0.3) is 10.8 Å². The molecule has 1 fully saturated rings. The number of amides is 2. The summed E-state index contributed by atoms with van der Waals surface area (Å²) in [7, 11) is 0. The molecule has 2 aromatic carbocycles. The van der Waals surface area contributed by atoms with Crippen molar-refractivity contribution in [2.45, 2.75) is 25.2 Å². The van der Waals surface area contributed by atoms with E-state index in [2.05, 4.69) is 20.8 Å². The number of carbonyl (C=O) groups is 1. The fourth-order valence-corrected chi connectivity index (χ4v) is 2.93. The van der Waals surface area contributed by atoms with Crippen LogP contribution in [0.5, 0.6) is 0 Å². The highest BCUT2D eigenvalue weighted by Gasteiger charge is 2.21. The van der Waals surface area contributed by atoms with Crippen LogP contribution in [0.15, 0.2) is 48.5 Å². The van der Waals surface area contributed by atoms with E-state index in [0.717, 1.165) is 22.2 Å². The van der Waals surface area contributed by atoms with Gasteiger partial charge in [-0.25, -0.2) is 4.79 Å². The van der Waals surface area contributed by atoms with E-state index in [1.807, 2.05) is 48.5 Å². The maximum absolute atomic E-state index is 12.2. The molecule has 23 heavy (non-hydrogen) atoms. The number of anilines is 2. The number of rotatable bonds is 3. The number of urea groups is 1. The number of H-pyrrole nitrogens is 1. The average Bonchev–Trinajstić information content (AvgIpc) is 2.93. The number of benzene rings is 2. The molecular weight excluding hydrogens is 288 g/mol. The van der Waals surface area contributed by atoms with Gasteiger partial charge in [0.2, 0.25) is 0 Å². The second-order valence-electron chi connectivity index (χ2n) is 5.94. The van der Waals surface area contributed by atoms with E-state index in [1.165, 1.54) is 19.3 Å². The van der Waals surface area contributed by atoms with Gasteiger partial charge in [0.25, 0.3) is 0 Å². The van der Waals surface area contributed by atoms with E-state index in [1.54, 1.807) is 0 Å². The van der Waals surface area contributed by atoms with E-state index in [9.17, 15) is 4.79 Å². The van der Waals surface area contributed by atoms with Gasteiger partial charge in [-0.1, -0.05) is 42.8 Å². The van der Waals surface area contributed by atoms with Gasteiger partial charge in [-0.15, -0.1) is 0 Å². The highest BCUT2D eigenvalue weighted by molar-refractivity contribution is 6.05. The van der Waals surface area contributed by atoms with Crippen LogP contribution in [0.3, 0.4) is 0 Å². The molecule has 3 N–H and O–H groups in total. The van der Waals surface area contributed by atoms with Crippen LogP contribution in [0, 0.1) is 0 Å². The summed E-state index contributed by atoms with van der Waals surface area (Å²) in [4.78, 5) is 12.2. The summed E-state index contributed by atoms with van der Waals surface area (Å²) < 4.78 is 0. The Hall–Kier alpha value is -2.82. The van der Waals surface area contributed by atoms with Crippen molar-refractivity contribution >= 4 is 28.3 Å². The molecule has 0 spiro atoms. The van der Waals surface area contributed by atoms with Crippen molar-refractivity contribution in [3.05, 3.63) is 54.2 Å². The summed E-state index contributed by atoms with van der Waals surface area (Å²) in [6.07, 6.45) is 3.67. The Morgan fingerprint density at radius 2 is 1.91 bits per heavy atom. The molecule has 1 aromatic heterocycles. The van der Waals surface area contributed by atoms with Crippen LogP contribution < -0.4 is 10.6 Å². The summed E-state index contributed by atoms with van der Waals surface area (Å²) in [5.74, 6) is 1.13. The first-order valence-electron chi connectivity index (χ1n) is 7.91. The summed E-state index contributed by atoms with van der Waals surface area (Å²) in [5, 5.41) is 15.0. The van der Waals surface area contributed by atoms with Gasteiger partial charge in [0.1, 0.15) is 0 Å². The van der Waals surface area contributed by atoms with Gasteiger partial charge in [0.15, 0.2) is 5.82 Å².